The molecule has 1 amide bonds. The lowest BCUT2D eigenvalue weighted by atomic mass is 9.84. The highest BCUT2D eigenvalue weighted by Crippen LogP contribution is 2.23. The van der Waals surface area contributed by atoms with Crippen LogP contribution in [0.15, 0.2) is 0 Å². The molecule has 2 N–H and O–H groups in total. The first-order valence-corrected chi connectivity index (χ1v) is 5.75. The van der Waals surface area contributed by atoms with Crippen molar-refractivity contribution in [2.75, 3.05) is 13.2 Å². The Morgan fingerprint density at radius 2 is 1.80 bits per heavy atom. The Labute approximate surface area is 94.3 Å². The predicted molar refractivity (Wildman–Crippen MR) is 64.7 cm³/mol. The minimum Gasteiger partial charge on any atom is -0.387 e. The lowest BCUT2D eigenvalue weighted by Crippen LogP contribution is -2.36. The summed E-state index contributed by atoms with van der Waals surface area (Å²) in [4.78, 5) is 10.8. The van der Waals surface area contributed by atoms with Crippen molar-refractivity contribution in [2.24, 2.45) is 11.3 Å². The average molecular weight is 217 g/mol. The molecule has 0 bridgehead atoms. The first-order valence-electron chi connectivity index (χ1n) is 5.75. The summed E-state index contributed by atoms with van der Waals surface area (Å²) in [6, 6.07) is 0. The highest BCUT2D eigenvalue weighted by atomic mass is 16.3. The normalized spacial score (nSPS) is 10.7. The molecule has 3 heteroatoms. The van der Waals surface area contributed by atoms with Crippen molar-refractivity contribution in [1.82, 2.24) is 5.32 Å². The van der Waals surface area contributed by atoms with Gasteiger partial charge in [0.2, 0.25) is 5.91 Å². The summed E-state index contributed by atoms with van der Waals surface area (Å²) in [5.74, 6) is 0.331. The van der Waals surface area contributed by atoms with Crippen LogP contribution in [0.5, 0.6) is 0 Å². The average Bonchev–Trinajstić information content (AvgIpc) is 2.15. The second-order valence-corrected chi connectivity index (χ2v) is 4.70. The smallest absolute Gasteiger partial charge is 0.245 e. The zero-order valence-electron chi connectivity index (χ0n) is 11.1. The van der Waals surface area contributed by atoms with Crippen molar-refractivity contribution in [3.05, 3.63) is 0 Å². The number of carbonyl (C=O) groups is 1. The number of aliphatic hydroxyl groups is 1. The lowest BCUT2D eigenvalue weighted by Gasteiger charge is -2.26. The summed E-state index contributed by atoms with van der Waals surface area (Å²) in [6.45, 7) is 12.8. The fourth-order valence-electron chi connectivity index (χ4n) is 1.57. The van der Waals surface area contributed by atoms with E-state index < -0.39 is 6.61 Å². The molecular weight excluding hydrogens is 190 g/mol. The minimum absolute atomic E-state index is 0.110. The van der Waals surface area contributed by atoms with Crippen LogP contribution in [0, 0.1) is 11.3 Å². The number of hydrogen-bond acceptors (Lipinski definition) is 2. The van der Waals surface area contributed by atoms with Crippen molar-refractivity contribution < 1.29 is 9.90 Å². The molecule has 0 unspecified atom stereocenters. The molecule has 0 fully saturated rings. The molecule has 0 spiro atoms. The SMILES string of the molecule is CC.CC(C)CC(C)(C)CNC(=O)CO. The van der Waals surface area contributed by atoms with Crippen LogP contribution in [-0.2, 0) is 4.79 Å². The summed E-state index contributed by atoms with van der Waals surface area (Å²) in [5, 5.41) is 11.2. The molecule has 0 aliphatic carbocycles. The number of nitrogens with one attached hydrogen (secondary N) is 1. The van der Waals surface area contributed by atoms with E-state index in [1.54, 1.807) is 0 Å². The molecule has 0 atom stereocenters. The largest absolute Gasteiger partial charge is 0.387 e. The van der Waals surface area contributed by atoms with Crippen molar-refractivity contribution in [2.45, 2.75) is 48.0 Å². The Balaban J connectivity index is 0. The first kappa shape index (κ1) is 16.8. The van der Waals surface area contributed by atoms with Gasteiger partial charge in [-0.2, -0.15) is 0 Å². The number of aliphatic hydroxyl groups excluding tert-OH is 1. The van der Waals surface area contributed by atoms with E-state index in [1.807, 2.05) is 13.8 Å². The summed E-state index contributed by atoms with van der Waals surface area (Å²) >= 11 is 0. The summed E-state index contributed by atoms with van der Waals surface area (Å²) in [5.41, 5.74) is 0.110. The number of rotatable bonds is 5. The molecule has 0 rings (SSSR count). The van der Waals surface area contributed by atoms with E-state index in [4.69, 9.17) is 5.11 Å². The van der Waals surface area contributed by atoms with Gasteiger partial charge in [0.05, 0.1) is 0 Å². The molecule has 0 aromatic rings. The van der Waals surface area contributed by atoms with Crippen LogP contribution < -0.4 is 5.32 Å². The Hall–Kier alpha value is -0.570. The van der Waals surface area contributed by atoms with Gasteiger partial charge in [0.25, 0.3) is 0 Å². The summed E-state index contributed by atoms with van der Waals surface area (Å²) in [7, 11) is 0. The van der Waals surface area contributed by atoms with E-state index in [2.05, 4.69) is 33.0 Å². The molecular formula is C12H27NO2. The number of amides is 1. The Morgan fingerprint density at radius 1 is 1.33 bits per heavy atom. The molecule has 92 valence electrons. The third-order valence-corrected chi connectivity index (χ3v) is 1.87. The van der Waals surface area contributed by atoms with E-state index in [-0.39, 0.29) is 11.3 Å². The van der Waals surface area contributed by atoms with Gasteiger partial charge >= 0.3 is 0 Å². The zero-order valence-corrected chi connectivity index (χ0v) is 11.1. The first-order chi connectivity index (χ1) is 6.87. The van der Waals surface area contributed by atoms with Gasteiger partial charge in [0.15, 0.2) is 0 Å². The van der Waals surface area contributed by atoms with Gasteiger partial charge in [-0.05, 0) is 17.8 Å². The van der Waals surface area contributed by atoms with Crippen LogP contribution >= 0.6 is 0 Å². The van der Waals surface area contributed by atoms with E-state index in [9.17, 15) is 4.79 Å². The second-order valence-electron chi connectivity index (χ2n) is 4.70. The monoisotopic (exact) mass is 217 g/mol. The molecule has 0 aliphatic heterocycles. The van der Waals surface area contributed by atoms with Crippen LogP contribution in [0.4, 0.5) is 0 Å². The summed E-state index contributed by atoms with van der Waals surface area (Å²) < 4.78 is 0. The van der Waals surface area contributed by atoms with Crippen LogP contribution in [0.3, 0.4) is 0 Å². The van der Waals surface area contributed by atoms with Gasteiger partial charge in [-0.1, -0.05) is 41.5 Å². The van der Waals surface area contributed by atoms with Crippen molar-refractivity contribution in [1.29, 1.82) is 0 Å². The standard InChI is InChI=1S/C10H21NO2.C2H6/c1-8(2)5-10(3,4)7-11-9(13)6-12;1-2/h8,12H,5-7H2,1-4H3,(H,11,13);1-2H3. The number of carbonyl (C=O) groups excluding carboxylic acids is 1. The summed E-state index contributed by atoms with van der Waals surface area (Å²) in [6.07, 6.45) is 1.07. The quantitative estimate of drug-likeness (QED) is 0.741. The van der Waals surface area contributed by atoms with Crippen LogP contribution in [-0.4, -0.2) is 24.2 Å². The van der Waals surface area contributed by atoms with Gasteiger partial charge in [-0.25, -0.2) is 0 Å². The molecule has 0 aliphatic rings. The number of hydrogen-bond donors (Lipinski definition) is 2. The fraction of sp³-hybridized carbons (Fsp3) is 0.917. The molecule has 0 aromatic carbocycles. The van der Waals surface area contributed by atoms with Gasteiger partial charge < -0.3 is 10.4 Å². The molecule has 0 heterocycles. The van der Waals surface area contributed by atoms with Crippen molar-refractivity contribution >= 4 is 5.91 Å². The van der Waals surface area contributed by atoms with Gasteiger partial charge in [0, 0.05) is 6.54 Å². The van der Waals surface area contributed by atoms with Crippen LogP contribution in [0.2, 0.25) is 0 Å². The maximum atomic E-state index is 10.8. The molecule has 0 radical (unpaired) electrons. The fourth-order valence-corrected chi connectivity index (χ4v) is 1.57. The maximum absolute atomic E-state index is 10.8. The highest BCUT2D eigenvalue weighted by molar-refractivity contribution is 5.76. The Bertz CT molecular complexity index is 165. The molecule has 15 heavy (non-hydrogen) atoms. The second kappa shape index (κ2) is 8.72. The Kier molecular flexibility index (Phi) is 9.79. The van der Waals surface area contributed by atoms with Gasteiger partial charge in [-0.15, -0.1) is 0 Å². The van der Waals surface area contributed by atoms with E-state index in [0.29, 0.717) is 12.5 Å². The topological polar surface area (TPSA) is 49.3 Å². The van der Waals surface area contributed by atoms with E-state index in [0.717, 1.165) is 6.42 Å². The minimum atomic E-state index is -0.419. The van der Waals surface area contributed by atoms with Gasteiger partial charge in [0.1, 0.15) is 6.61 Å². The third kappa shape index (κ3) is 11.4. The van der Waals surface area contributed by atoms with Crippen molar-refractivity contribution in [3.8, 4) is 0 Å². The van der Waals surface area contributed by atoms with E-state index in [1.165, 1.54) is 0 Å². The predicted octanol–water partition coefficient (Wildman–Crippen LogP) is 2.19. The molecule has 3 nitrogen and oxygen atoms in total. The van der Waals surface area contributed by atoms with Gasteiger partial charge in [-0.3, -0.25) is 4.79 Å². The lowest BCUT2D eigenvalue weighted by molar-refractivity contribution is -0.124. The van der Waals surface area contributed by atoms with Crippen molar-refractivity contribution in [3.63, 3.8) is 0 Å². The highest BCUT2D eigenvalue weighted by Gasteiger charge is 2.19. The molecule has 0 saturated heterocycles. The Morgan fingerprint density at radius 3 is 2.13 bits per heavy atom. The molecule has 0 saturated carbocycles. The third-order valence-electron chi connectivity index (χ3n) is 1.87. The maximum Gasteiger partial charge on any atom is 0.245 e. The van der Waals surface area contributed by atoms with Crippen LogP contribution in [0.1, 0.15) is 48.0 Å². The van der Waals surface area contributed by atoms with E-state index >= 15 is 0 Å². The van der Waals surface area contributed by atoms with Crippen LogP contribution in [0.25, 0.3) is 0 Å². The zero-order chi connectivity index (χ0) is 12.5. The molecule has 0 aromatic heterocycles.